The number of nitrogens with one attached hydrogen (secondary N) is 1. The molecule has 0 aliphatic carbocycles. The van der Waals surface area contributed by atoms with Crippen molar-refractivity contribution in [2.24, 2.45) is 0 Å². The summed E-state index contributed by atoms with van der Waals surface area (Å²) in [4.78, 5) is 14.7. The maximum atomic E-state index is 12.7. The Bertz CT molecular complexity index is 367. The van der Waals surface area contributed by atoms with Crippen LogP contribution in [0.1, 0.15) is 6.92 Å². The van der Waals surface area contributed by atoms with Crippen LogP contribution in [-0.2, 0) is 4.79 Å². The first-order chi connectivity index (χ1) is 6.16. The van der Waals surface area contributed by atoms with E-state index in [1.54, 1.807) is 6.92 Å². The molecule has 0 bridgehead atoms. The van der Waals surface area contributed by atoms with Crippen molar-refractivity contribution in [2.75, 3.05) is 5.32 Å². The Morgan fingerprint density at radius 2 is 2.46 bits per heavy atom. The third kappa shape index (κ3) is 1.32. The molecule has 1 amide bonds. The molecule has 0 fully saturated rings. The predicted molar refractivity (Wildman–Crippen MR) is 42.9 cm³/mol. The second kappa shape index (κ2) is 2.69. The topological polar surface area (TPSA) is 51.2 Å². The van der Waals surface area contributed by atoms with Gasteiger partial charge in [-0.2, -0.15) is 0 Å². The number of halogens is 1. The number of carbonyl (C=O) groups is 1. The number of pyridine rings is 1. The second-order valence-corrected chi connectivity index (χ2v) is 2.75. The Labute approximate surface area is 73.7 Å². The van der Waals surface area contributed by atoms with Gasteiger partial charge in [-0.15, -0.1) is 0 Å². The van der Waals surface area contributed by atoms with Crippen LogP contribution in [0.15, 0.2) is 12.3 Å². The van der Waals surface area contributed by atoms with E-state index in [0.717, 1.165) is 6.20 Å². The van der Waals surface area contributed by atoms with Gasteiger partial charge in [-0.3, -0.25) is 4.79 Å². The lowest BCUT2D eigenvalue weighted by Gasteiger charge is -2.21. The molecular formula is C8H7FN2O2. The number of hydrogen-bond donors (Lipinski definition) is 1. The van der Waals surface area contributed by atoms with Crippen LogP contribution in [0.5, 0.6) is 5.75 Å². The lowest BCUT2D eigenvalue weighted by Crippen LogP contribution is -2.34. The van der Waals surface area contributed by atoms with Gasteiger partial charge >= 0.3 is 0 Å². The Hall–Kier alpha value is -1.65. The highest BCUT2D eigenvalue weighted by molar-refractivity contribution is 5.96. The molecule has 5 heteroatoms. The van der Waals surface area contributed by atoms with Crippen molar-refractivity contribution >= 4 is 11.7 Å². The first-order valence-corrected chi connectivity index (χ1v) is 3.80. The van der Waals surface area contributed by atoms with Crippen LogP contribution in [0, 0.1) is 5.82 Å². The zero-order chi connectivity index (χ0) is 9.42. The van der Waals surface area contributed by atoms with Crippen LogP contribution in [0.3, 0.4) is 0 Å². The van der Waals surface area contributed by atoms with Gasteiger partial charge in [-0.25, -0.2) is 9.37 Å². The predicted octanol–water partition coefficient (Wildman–Crippen LogP) is 0.940. The van der Waals surface area contributed by atoms with E-state index < -0.39 is 11.9 Å². The molecule has 13 heavy (non-hydrogen) atoms. The minimum absolute atomic E-state index is 0.268. The summed E-state index contributed by atoms with van der Waals surface area (Å²) in [7, 11) is 0. The van der Waals surface area contributed by atoms with Gasteiger partial charge in [0.2, 0.25) is 0 Å². The first kappa shape index (κ1) is 7.97. The summed E-state index contributed by atoms with van der Waals surface area (Å²) >= 11 is 0. The molecule has 0 radical (unpaired) electrons. The minimum Gasteiger partial charge on any atom is -0.477 e. The van der Waals surface area contributed by atoms with Crippen LogP contribution in [0.4, 0.5) is 10.2 Å². The smallest absolute Gasteiger partial charge is 0.266 e. The molecule has 2 heterocycles. The van der Waals surface area contributed by atoms with Crippen LogP contribution < -0.4 is 10.1 Å². The zero-order valence-corrected chi connectivity index (χ0v) is 6.87. The number of hydrogen-bond acceptors (Lipinski definition) is 3. The summed E-state index contributed by atoms with van der Waals surface area (Å²) < 4.78 is 17.8. The van der Waals surface area contributed by atoms with E-state index in [4.69, 9.17) is 4.74 Å². The zero-order valence-electron chi connectivity index (χ0n) is 6.87. The highest BCUT2D eigenvalue weighted by Gasteiger charge is 2.24. The molecular weight excluding hydrogens is 175 g/mol. The fraction of sp³-hybridized carbons (Fsp3) is 0.250. The van der Waals surface area contributed by atoms with E-state index in [9.17, 15) is 9.18 Å². The molecule has 1 atom stereocenters. The van der Waals surface area contributed by atoms with Gasteiger partial charge in [0.15, 0.2) is 17.7 Å². The summed E-state index contributed by atoms with van der Waals surface area (Å²) in [6.07, 6.45) is 0.425. The molecule has 1 unspecified atom stereocenters. The Morgan fingerprint density at radius 3 is 3.23 bits per heavy atom. The maximum absolute atomic E-state index is 12.7. The van der Waals surface area contributed by atoms with Gasteiger partial charge < -0.3 is 10.1 Å². The van der Waals surface area contributed by atoms with Crippen LogP contribution >= 0.6 is 0 Å². The van der Waals surface area contributed by atoms with Crippen LogP contribution in [0.25, 0.3) is 0 Å². The number of carbonyl (C=O) groups excluding carboxylic acids is 1. The fourth-order valence-electron chi connectivity index (χ4n) is 1.07. The molecule has 0 saturated heterocycles. The van der Waals surface area contributed by atoms with E-state index in [-0.39, 0.29) is 17.5 Å². The SMILES string of the molecule is CC1Oc2cc(F)cnc2NC1=O. The fourth-order valence-corrected chi connectivity index (χ4v) is 1.07. The Balaban J connectivity index is 2.42. The van der Waals surface area contributed by atoms with Crippen molar-refractivity contribution in [2.45, 2.75) is 13.0 Å². The average Bonchev–Trinajstić information content (AvgIpc) is 2.08. The molecule has 1 N–H and O–H groups in total. The average molecular weight is 182 g/mol. The highest BCUT2D eigenvalue weighted by atomic mass is 19.1. The lowest BCUT2D eigenvalue weighted by molar-refractivity contribution is -0.122. The summed E-state index contributed by atoms with van der Waals surface area (Å²) in [5, 5.41) is 2.50. The molecule has 2 rings (SSSR count). The number of anilines is 1. The Kier molecular flexibility index (Phi) is 1.65. The van der Waals surface area contributed by atoms with E-state index in [0.29, 0.717) is 0 Å². The van der Waals surface area contributed by atoms with Crippen LogP contribution in [-0.4, -0.2) is 17.0 Å². The van der Waals surface area contributed by atoms with Gasteiger partial charge in [-0.05, 0) is 6.92 Å². The molecule has 68 valence electrons. The second-order valence-electron chi connectivity index (χ2n) is 2.75. The maximum Gasteiger partial charge on any atom is 0.266 e. The van der Waals surface area contributed by atoms with Crippen molar-refractivity contribution in [3.63, 3.8) is 0 Å². The van der Waals surface area contributed by atoms with E-state index in [1.807, 2.05) is 0 Å². The van der Waals surface area contributed by atoms with Crippen molar-refractivity contribution in [3.05, 3.63) is 18.1 Å². The molecule has 1 aromatic rings. The normalized spacial score (nSPS) is 20.2. The minimum atomic E-state index is -0.601. The third-order valence-corrected chi connectivity index (χ3v) is 1.73. The number of nitrogens with zero attached hydrogens (tertiary/aromatic N) is 1. The number of amides is 1. The van der Waals surface area contributed by atoms with Crippen molar-refractivity contribution in [1.29, 1.82) is 0 Å². The summed E-state index contributed by atoms with van der Waals surface area (Å²) in [6, 6.07) is 1.19. The molecule has 1 aliphatic heterocycles. The standard InChI is InChI=1S/C8H7FN2O2/c1-4-8(12)11-7-6(13-4)2-5(9)3-10-7/h2-4H,1H3,(H,10,11,12). The number of aromatic nitrogens is 1. The van der Waals surface area contributed by atoms with E-state index in [1.165, 1.54) is 6.07 Å². The van der Waals surface area contributed by atoms with Crippen molar-refractivity contribution in [1.82, 2.24) is 4.98 Å². The lowest BCUT2D eigenvalue weighted by atomic mass is 10.3. The summed E-state index contributed by atoms with van der Waals surface area (Å²) in [6.45, 7) is 1.59. The van der Waals surface area contributed by atoms with Gasteiger partial charge in [0, 0.05) is 6.07 Å². The molecule has 1 aliphatic rings. The monoisotopic (exact) mass is 182 g/mol. The quantitative estimate of drug-likeness (QED) is 0.649. The van der Waals surface area contributed by atoms with Crippen LogP contribution in [0.2, 0.25) is 0 Å². The largest absolute Gasteiger partial charge is 0.477 e. The first-order valence-electron chi connectivity index (χ1n) is 3.80. The number of fused-ring (bicyclic) bond motifs is 1. The van der Waals surface area contributed by atoms with Gasteiger partial charge in [0.25, 0.3) is 5.91 Å². The van der Waals surface area contributed by atoms with Gasteiger partial charge in [0.1, 0.15) is 5.82 Å². The summed E-state index contributed by atoms with van der Waals surface area (Å²) in [5.74, 6) is -0.217. The number of rotatable bonds is 0. The van der Waals surface area contributed by atoms with Gasteiger partial charge in [0.05, 0.1) is 6.20 Å². The van der Waals surface area contributed by atoms with Gasteiger partial charge in [-0.1, -0.05) is 0 Å². The third-order valence-electron chi connectivity index (χ3n) is 1.73. The molecule has 1 aromatic heterocycles. The Morgan fingerprint density at radius 1 is 1.69 bits per heavy atom. The molecule has 0 spiro atoms. The number of ether oxygens (including phenoxy) is 1. The van der Waals surface area contributed by atoms with Crippen molar-refractivity contribution in [3.8, 4) is 5.75 Å². The summed E-state index contributed by atoms with van der Waals surface area (Å²) in [5.41, 5.74) is 0. The highest BCUT2D eigenvalue weighted by Crippen LogP contribution is 2.27. The molecule has 0 saturated carbocycles. The van der Waals surface area contributed by atoms with Crippen molar-refractivity contribution < 1.29 is 13.9 Å². The van der Waals surface area contributed by atoms with E-state index in [2.05, 4.69) is 10.3 Å². The molecule has 0 aromatic carbocycles. The molecule has 4 nitrogen and oxygen atoms in total. The van der Waals surface area contributed by atoms with E-state index >= 15 is 0 Å².